The zero-order chi connectivity index (χ0) is 62.2. The van der Waals surface area contributed by atoms with Crippen LogP contribution in [0.3, 0.4) is 0 Å². The van der Waals surface area contributed by atoms with Gasteiger partial charge < -0.3 is 139 Å². The molecule has 0 radical (unpaired) electrons. The third-order valence-corrected chi connectivity index (χ3v) is 22.5. The highest BCUT2D eigenvalue weighted by Crippen LogP contribution is 2.71. The minimum Gasteiger partial charge on any atom is -0.394 e. The Morgan fingerprint density at radius 2 is 1.01 bits per heavy atom. The summed E-state index contributed by atoms with van der Waals surface area (Å²) < 4.78 is 72.3. The smallest absolute Gasteiger partial charge is 0.187 e. The van der Waals surface area contributed by atoms with Gasteiger partial charge in [0.1, 0.15) is 116 Å². The van der Waals surface area contributed by atoms with Crippen LogP contribution in [-0.2, 0) is 56.8 Å². The van der Waals surface area contributed by atoms with Gasteiger partial charge in [0.2, 0.25) is 0 Å². The molecule has 6 aliphatic heterocycles. The lowest BCUT2D eigenvalue weighted by Gasteiger charge is -2.61. The molecular weight excluding hydrogens is 1140 g/mol. The van der Waals surface area contributed by atoms with Gasteiger partial charge in [0.15, 0.2) is 37.2 Å². The quantitative estimate of drug-likeness (QED) is 0.0543. The van der Waals surface area contributed by atoms with Crippen molar-refractivity contribution >= 4 is 0 Å². The van der Waals surface area contributed by atoms with E-state index in [0.29, 0.717) is 49.4 Å². The normalized spacial score (nSPS) is 55.3. The van der Waals surface area contributed by atoms with Gasteiger partial charge in [-0.2, -0.15) is 0 Å². The zero-order valence-corrected chi connectivity index (χ0v) is 49.8. The number of aliphatic hydroxyl groups excluding tert-OH is 16. The second-order valence-electron chi connectivity index (χ2n) is 27.3. The van der Waals surface area contributed by atoms with Crippen LogP contribution in [0.4, 0.5) is 0 Å². The summed E-state index contributed by atoms with van der Waals surface area (Å²) in [5.41, 5.74) is 0.0397. The molecule has 0 aromatic heterocycles. The van der Waals surface area contributed by atoms with E-state index in [9.17, 15) is 81.7 Å². The Morgan fingerprint density at radius 3 is 1.62 bits per heavy atom. The average Bonchev–Trinajstić information content (AvgIpc) is 1.50. The Kier molecular flexibility index (Phi) is 21.3. The topological polar surface area (TPSA) is 434 Å². The molecule has 28 nitrogen and oxygen atoms in total. The van der Waals surface area contributed by atoms with Crippen LogP contribution in [0.1, 0.15) is 98.8 Å². The number of aliphatic hydroxyl groups is 16. The first-order valence-electron chi connectivity index (χ1n) is 31.1. The molecule has 16 N–H and O–H groups in total. The van der Waals surface area contributed by atoms with Crippen LogP contribution < -0.4 is 0 Å². The van der Waals surface area contributed by atoms with Crippen molar-refractivity contribution in [1.29, 1.82) is 0 Å². The Balaban J connectivity index is 0.740. The average molecular weight is 1240 g/mol. The van der Waals surface area contributed by atoms with Crippen LogP contribution in [0.25, 0.3) is 0 Å². The minimum atomic E-state index is -2.05. The van der Waals surface area contributed by atoms with Crippen LogP contribution >= 0.6 is 0 Å². The van der Waals surface area contributed by atoms with Crippen LogP contribution in [0, 0.1) is 52.3 Å². The molecule has 0 aromatic carbocycles. The van der Waals surface area contributed by atoms with Crippen LogP contribution in [0.5, 0.6) is 0 Å². The molecule has 6 saturated heterocycles. The molecule has 6 heterocycles. The molecule has 86 heavy (non-hydrogen) atoms. The van der Waals surface area contributed by atoms with Crippen molar-refractivity contribution in [2.45, 2.75) is 270 Å². The fourth-order valence-corrected chi connectivity index (χ4v) is 17.3. The van der Waals surface area contributed by atoms with E-state index < -0.39 is 186 Å². The number of hydrogen-bond donors (Lipinski definition) is 16. The summed E-state index contributed by atoms with van der Waals surface area (Å²) >= 11 is 0. The summed E-state index contributed by atoms with van der Waals surface area (Å²) in [5.74, 6) is 1.29. The summed E-state index contributed by atoms with van der Waals surface area (Å²) in [7, 11) is 1.71. The second kappa shape index (κ2) is 27.1. The maximum Gasteiger partial charge on any atom is 0.187 e. The van der Waals surface area contributed by atoms with E-state index in [4.69, 9.17) is 56.8 Å². The zero-order valence-electron chi connectivity index (χ0n) is 49.8. The molecule has 0 amide bonds. The van der Waals surface area contributed by atoms with Crippen molar-refractivity contribution in [3.8, 4) is 0 Å². The molecule has 4 saturated carbocycles. The number of hydrogen-bond acceptors (Lipinski definition) is 28. The van der Waals surface area contributed by atoms with Gasteiger partial charge in [-0.25, -0.2) is 0 Å². The van der Waals surface area contributed by atoms with Gasteiger partial charge in [0.25, 0.3) is 0 Å². The molecule has 37 atom stereocenters. The fourth-order valence-electron chi connectivity index (χ4n) is 17.3. The number of fused-ring (bicyclic) bond motifs is 7. The van der Waals surface area contributed by atoms with E-state index in [1.807, 2.05) is 6.92 Å². The van der Waals surface area contributed by atoms with E-state index in [2.05, 4.69) is 20.8 Å². The highest BCUT2D eigenvalue weighted by atomic mass is 16.8. The summed E-state index contributed by atoms with van der Waals surface area (Å²) in [6.07, 6.45) is -32.2. The van der Waals surface area contributed by atoms with E-state index in [0.717, 1.165) is 38.5 Å². The maximum absolute atomic E-state index is 11.7. The van der Waals surface area contributed by atoms with E-state index in [1.165, 1.54) is 6.92 Å². The largest absolute Gasteiger partial charge is 0.394 e. The fraction of sp³-hybridized carbons (Fsp3) is 1.00. The second-order valence-corrected chi connectivity index (χ2v) is 27.3. The maximum atomic E-state index is 11.7. The summed E-state index contributed by atoms with van der Waals surface area (Å²) in [4.78, 5) is 0. The van der Waals surface area contributed by atoms with Crippen molar-refractivity contribution < 1.29 is 139 Å². The van der Waals surface area contributed by atoms with E-state index in [-0.39, 0.29) is 47.4 Å². The standard InChI is InChI=1S/C58H98O28/c1-22(20-76-52-45(71)40(66)37(63)31(17-59)80-52)9-14-58(75-6)23(2)35-30(86-58)16-29-27-8-7-25-15-26(10-12-56(25,4)28(27)11-13-57(29,35)5)79-53-47(73)42(68)49(33(19-61)82-53)84-55-48(74)43(69)50(85-54-46(72)41(67)38(64)32(18-60)81-54)34(83-55)21-77-51-44(70)39(65)36(62)24(3)78-51/h22-55,59-74H,7-21H2,1-6H3/t22-,23-,24+,25+,26-,27+,28-,29-,30-,31+,32+,33+,34+,35-,36+,37+,38-,39-,40-,41-,42+,43+,44+,45+,46+,47+,48+,49+,50+,51+,52+,53+,54-,55-,56-,57-,58+/m0/s1. The summed E-state index contributed by atoms with van der Waals surface area (Å²) in [6, 6.07) is 0. The van der Waals surface area contributed by atoms with Crippen LogP contribution in [0.2, 0.25) is 0 Å². The van der Waals surface area contributed by atoms with Gasteiger partial charge >= 0.3 is 0 Å². The van der Waals surface area contributed by atoms with Gasteiger partial charge in [-0.15, -0.1) is 0 Å². The van der Waals surface area contributed by atoms with E-state index in [1.54, 1.807) is 7.11 Å². The molecule has 498 valence electrons. The van der Waals surface area contributed by atoms with Gasteiger partial charge in [-0.3, -0.25) is 0 Å². The van der Waals surface area contributed by atoms with Gasteiger partial charge in [0, 0.05) is 19.4 Å². The van der Waals surface area contributed by atoms with Gasteiger partial charge in [-0.1, -0.05) is 27.7 Å². The molecule has 0 spiro atoms. The third kappa shape index (κ3) is 12.4. The molecule has 28 heteroatoms. The highest BCUT2D eigenvalue weighted by Gasteiger charge is 2.69. The van der Waals surface area contributed by atoms with Crippen LogP contribution in [0.15, 0.2) is 0 Å². The predicted molar refractivity (Wildman–Crippen MR) is 288 cm³/mol. The van der Waals surface area contributed by atoms with Gasteiger partial charge in [0.05, 0.1) is 51.3 Å². The monoisotopic (exact) mass is 1240 g/mol. The Hall–Kier alpha value is -1.12. The lowest BCUT2D eigenvalue weighted by atomic mass is 9.44. The third-order valence-electron chi connectivity index (χ3n) is 22.5. The molecule has 10 aliphatic rings. The lowest BCUT2D eigenvalue weighted by Crippen LogP contribution is -2.67. The molecule has 0 aromatic rings. The molecule has 0 bridgehead atoms. The first kappa shape index (κ1) is 67.8. The van der Waals surface area contributed by atoms with Crippen molar-refractivity contribution in [2.24, 2.45) is 52.3 Å². The molecular formula is C58H98O28. The first-order valence-corrected chi connectivity index (χ1v) is 31.1. The number of methoxy groups -OCH3 is 1. The van der Waals surface area contributed by atoms with Crippen molar-refractivity contribution in [1.82, 2.24) is 0 Å². The molecule has 4 aliphatic carbocycles. The first-order chi connectivity index (χ1) is 40.7. The molecule has 10 fully saturated rings. The lowest BCUT2D eigenvalue weighted by molar-refractivity contribution is -0.386. The summed E-state index contributed by atoms with van der Waals surface area (Å²) in [6.45, 7) is 7.97. The van der Waals surface area contributed by atoms with Crippen molar-refractivity contribution in [2.75, 3.05) is 40.1 Å². The van der Waals surface area contributed by atoms with Gasteiger partial charge in [-0.05, 0) is 111 Å². The SMILES string of the molecule is CO[C@]1(CC[C@H](C)CO[C@@H]2O[C@H](CO)[C@@H](O)[C@H](O)[C@H]2O)O[C@H]2C[C@H]3[C@@H]4CC[C@@H]5C[C@@H](O[C@@H]6O[C@H](CO)[C@@H](O[C@@H]7O[C@H](CO[C@@H]8O[C@H](C)[C@@H](O)[C@H](O)[C@H]8O)[C@@H](O[C@@H]8O[C@H](CO)[C@H](O)[C@H](O)[C@H]8O)[C@H](O)[C@H]7O)[C@H](O)[C@H]6O)CC[C@]5(C)[C@H]4CC[C@]3(C)[C@H]2[C@@H]1C. The minimum absolute atomic E-state index is 0.00487. The van der Waals surface area contributed by atoms with Crippen LogP contribution in [-0.4, -0.2) is 293 Å². The van der Waals surface area contributed by atoms with Crippen molar-refractivity contribution in [3.05, 3.63) is 0 Å². The Bertz CT molecular complexity index is 2190. The predicted octanol–water partition coefficient (Wildman–Crippen LogP) is -4.45. The number of rotatable bonds is 19. The Labute approximate surface area is 500 Å². The van der Waals surface area contributed by atoms with Crippen molar-refractivity contribution in [3.63, 3.8) is 0 Å². The highest BCUT2D eigenvalue weighted by molar-refractivity contribution is 5.15. The Morgan fingerprint density at radius 1 is 0.500 bits per heavy atom. The number of ether oxygens (including phenoxy) is 12. The summed E-state index contributed by atoms with van der Waals surface area (Å²) in [5, 5.41) is 171. The molecule has 10 rings (SSSR count). The van der Waals surface area contributed by atoms with E-state index >= 15 is 0 Å². The molecule has 0 unspecified atom stereocenters.